The molecule has 1 amide bonds. The van der Waals surface area contributed by atoms with Crippen molar-refractivity contribution in [1.29, 1.82) is 0 Å². The second-order valence-corrected chi connectivity index (χ2v) is 5.60. The molecule has 21 heavy (non-hydrogen) atoms. The molecule has 4 nitrogen and oxygen atoms in total. The summed E-state index contributed by atoms with van der Waals surface area (Å²) in [6.07, 6.45) is 1.55. The minimum atomic E-state index is -0.0146. The SMILES string of the molecule is Cc1occc1C(=O)N1CCNCC1c1cccc(Cl)c1. The van der Waals surface area contributed by atoms with Crippen molar-refractivity contribution in [2.45, 2.75) is 13.0 Å². The molecule has 0 spiro atoms. The molecule has 1 atom stereocenters. The maximum absolute atomic E-state index is 12.8. The molecule has 1 N–H and O–H groups in total. The molecule has 0 radical (unpaired) electrons. The second-order valence-electron chi connectivity index (χ2n) is 5.16. The molecule has 1 aromatic heterocycles. The summed E-state index contributed by atoms with van der Waals surface area (Å²) in [6, 6.07) is 9.40. The average Bonchev–Trinajstić information content (AvgIpc) is 2.93. The first-order chi connectivity index (χ1) is 10.2. The lowest BCUT2D eigenvalue weighted by atomic mass is 10.0. The number of benzene rings is 1. The maximum atomic E-state index is 12.8. The fourth-order valence-corrected chi connectivity index (χ4v) is 2.92. The molecule has 1 aliphatic heterocycles. The fourth-order valence-electron chi connectivity index (χ4n) is 2.72. The second kappa shape index (κ2) is 5.92. The Morgan fingerprint density at radius 1 is 1.43 bits per heavy atom. The number of hydrogen-bond donors (Lipinski definition) is 1. The molecule has 0 bridgehead atoms. The number of piperazine rings is 1. The van der Waals surface area contributed by atoms with Crippen molar-refractivity contribution >= 4 is 17.5 Å². The number of halogens is 1. The summed E-state index contributed by atoms with van der Waals surface area (Å²) in [6.45, 7) is 3.99. The number of nitrogens with one attached hydrogen (secondary N) is 1. The molecule has 2 heterocycles. The predicted molar refractivity (Wildman–Crippen MR) is 81.5 cm³/mol. The molecule has 110 valence electrons. The van der Waals surface area contributed by atoms with Crippen LogP contribution in [0.3, 0.4) is 0 Å². The van der Waals surface area contributed by atoms with E-state index in [4.69, 9.17) is 16.0 Å². The lowest BCUT2D eigenvalue weighted by Gasteiger charge is -2.36. The van der Waals surface area contributed by atoms with E-state index in [1.807, 2.05) is 36.1 Å². The third-order valence-corrected chi connectivity index (χ3v) is 4.06. The van der Waals surface area contributed by atoms with E-state index in [1.54, 1.807) is 12.3 Å². The Morgan fingerprint density at radius 3 is 3.00 bits per heavy atom. The highest BCUT2D eigenvalue weighted by Crippen LogP contribution is 2.27. The van der Waals surface area contributed by atoms with E-state index < -0.39 is 0 Å². The zero-order valence-electron chi connectivity index (χ0n) is 11.8. The first kappa shape index (κ1) is 14.2. The van der Waals surface area contributed by atoms with Gasteiger partial charge in [-0.3, -0.25) is 4.79 Å². The number of rotatable bonds is 2. The van der Waals surface area contributed by atoms with Gasteiger partial charge in [-0.15, -0.1) is 0 Å². The Morgan fingerprint density at radius 2 is 2.29 bits per heavy atom. The normalized spacial score (nSPS) is 18.8. The number of hydrogen-bond acceptors (Lipinski definition) is 3. The minimum absolute atomic E-state index is 0.00715. The summed E-state index contributed by atoms with van der Waals surface area (Å²) >= 11 is 6.08. The van der Waals surface area contributed by atoms with Gasteiger partial charge in [0.1, 0.15) is 5.76 Å². The van der Waals surface area contributed by atoms with Gasteiger partial charge in [0.15, 0.2) is 0 Å². The van der Waals surface area contributed by atoms with Crippen LogP contribution >= 0.6 is 11.6 Å². The molecular weight excluding hydrogens is 288 g/mol. The van der Waals surface area contributed by atoms with Gasteiger partial charge in [0.2, 0.25) is 0 Å². The summed E-state index contributed by atoms with van der Waals surface area (Å²) in [5, 5.41) is 4.02. The Balaban J connectivity index is 1.92. The van der Waals surface area contributed by atoms with Crippen LogP contribution in [0.5, 0.6) is 0 Å². The van der Waals surface area contributed by atoms with Gasteiger partial charge < -0.3 is 14.6 Å². The molecule has 1 saturated heterocycles. The number of aryl methyl sites for hydroxylation is 1. The van der Waals surface area contributed by atoms with Crippen molar-refractivity contribution in [2.24, 2.45) is 0 Å². The molecule has 5 heteroatoms. The van der Waals surface area contributed by atoms with Gasteiger partial charge in [0.05, 0.1) is 17.9 Å². The van der Waals surface area contributed by atoms with Gasteiger partial charge >= 0.3 is 0 Å². The Labute approximate surface area is 128 Å². The molecule has 0 aliphatic carbocycles. The molecule has 0 saturated carbocycles. The molecular formula is C16H17ClN2O2. The van der Waals surface area contributed by atoms with Crippen molar-refractivity contribution in [1.82, 2.24) is 10.2 Å². The molecule has 1 aromatic carbocycles. The highest BCUT2D eigenvalue weighted by Gasteiger charge is 2.30. The first-order valence-electron chi connectivity index (χ1n) is 6.98. The van der Waals surface area contributed by atoms with Crippen LogP contribution in [-0.2, 0) is 0 Å². The van der Waals surface area contributed by atoms with Crippen LogP contribution in [-0.4, -0.2) is 30.4 Å². The van der Waals surface area contributed by atoms with Crippen molar-refractivity contribution in [3.63, 3.8) is 0 Å². The van der Waals surface area contributed by atoms with E-state index >= 15 is 0 Å². The largest absolute Gasteiger partial charge is 0.469 e. The topological polar surface area (TPSA) is 45.5 Å². The van der Waals surface area contributed by atoms with Crippen molar-refractivity contribution in [3.05, 3.63) is 58.5 Å². The van der Waals surface area contributed by atoms with Crippen LogP contribution in [0.2, 0.25) is 5.02 Å². The molecule has 3 rings (SSSR count). The molecule has 2 aromatic rings. The highest BCUT2D eigenvalue weighted by molar-refractivity contribution is 6.30. The maximum Gasteiger partial charge on any atom is 0.257 e. The summed E-state index contributed by atoms with van der Waals surface area (Å²) in [7, 11) is 0. The number of furan rings is 1. The van der Waals surface area contributed by atoms with Gasteiger partial charge in [0.25, 0.3) is 5.91 Å². The van der Waals surface area contributed by atoms with E-state index in [0.29, 0.717) is 22.9 Å². The van der Waals surface area contributed by atoms with E-state index in [1.165, 1.54) is 0 Å². The quantitative estimate of drug-likeness (QED) is 0.927. The van der Waals surface area contributed by atoms with Gasteiger partial charge in [-0.25, -0.2) is 0 Å². The highest BCUT2D eigenvalue weighted by atomic mass is 35.5. The predicted octanol–water partition coefficient (Wildman–Crippen LogP) is 3.03. The van der Waals surface area contributed by atoms with Gasteiger partial charge in [-0.2, -0.15) is 0 Å². The van der Waals surface area contributed by atoms with Crippen LogP contribution in [0.4, 0.5) is 0 Å². The van der Waals surface area contributed by atoms with Crippen molar-refractivity contribution in [3.8, 4) is 0 Å². The molecule has 1 fully saturated rings. The van der Waals surface area contributed by atoms with E-state index in [9.17, 15) is 4.79 Å². The minimum Gasteiger partial charge on any atom is -0.469 e. The van der Waals surface area contributed by atoms with Crippen molar-refractivity contribution in [2.75, 3.05) is 19.6 Å². The van der Waals surface area contributed by atoms with Crippen LogP contribution in [0.25, 0.3) is 0 Å². The first-order valence-corrected chi connectivity index (χ1v) is 7.36. The lowest BCUT2D eigenvalue weighted by molar-refractivity contribution is 0.0632. The number of nitrogens with zero attached hydrogens (tertiary/aromatic N) is 1. The zero-order chi connectivity index (χ0) is 14.8. The standard InChI is InChI=1S/C16H17ClN2O2/c1-11-14(5-8-21-11)16(20)19-7-6-18-10-15(19)12-3-2-4-13(17)9-12/h2-5,8-9,15,18H,6-7,10H2,1H3. The van der Waals surface area contributed by atoms with Crippen molar-refractivity contribution < 1.29 is 9.21 Å². The van der Waals surface area contributed by atoms with Crippen LogP contribution in [0.1, 0.15) is 27.7 Å². The Hall–Kier alpha value is -1.78. The van der Waals surface area contributed by atoms with Crippen LogP contribution in [0.15, 0.2) is 41.0 Å². The van der Waals surface area contributed by atoms with Gasteiger partial charge in [-0.1, -0.05) is 23.7 Å². The van der Waals surface area contributed by atoms with E-state index in [0.717, 1.165) is 18.7 Å². The Kier molecular flexibility index (Phi) is 3.99. The van der Waals surface area contributed by atoms with E-state index in [-0.39, 0.29) is 11.9 Å². The number of carbonyl (C=O) groups is 1. The monoisotopic (exact) mass is 304 g/mol. The third-order valence-electron chi connectivity index (χ3n) is 3.83. The van der Waals surface area contributed by atoms with Gasteiger partial charge in [-0.05, 0) is 30.7 Å². The molecule has 1 aliphatic rings. The summed E-state index contributed by atoms with van der Waals surface area (Å²) in [4.78, 5) is 14.6. The van der Waals surface area contributed by atoms with Gasteiger partial charge in [0, 0.05) is 24.7 Å². The zero-order valence-corrected chi connectivity index (χ0v) is 12.6. The summed E-state index contributed by atoms with van der Waals surface area (Å²) in [5.74, 6) is 0.663. The van der Waals surface area contributed by atoms with Crippen LogP contribution in [0, 0.1) is 6.92 Å². The summed E-state index contributed by atoms with van der Waals surface area (Å²) < 4.78 is 5.25. The third kappa shape index (κ3) is 2.82. The van der Waals surface area contributed by atoms with E-state index in [2.05, 4.69) is 5.32 Å². The smallest absolute Gasteiger partial charge is 0.257 e. The molecule has 1 unspecified atom stereocenters. The lowest BCUT2D eigenvalue weighted by Crippen LogP contribution is -2.48. The fraction of sp³-hybridized carbons (Fsp3) is 0.312. The number of amides is 1. The van der Waals surface area contributed by atoms with Crippen LogP contribution < -0.4 is 5.32 Å². The Bertz CT molecular complexity index is 653. The number of carbonyl (C=O) groups excluding carboxylic acids is 1. The summed E-state index contributed by atoms with van der Waals surface area (Å²) in [5.41, 5.74) is 1.67. The average molecular weight is 305 g/mol.